The summed E-state index contributed by atoms with van der Waals surface area (Å²) in [5.74, 6) is 0.802. The number of hydrogen-bond acceptors (Lipinski definition) is 2. The third-order valence-electron chi connectivity index (χ3n) is 2.26. The molecule has 2 heteroatoms. The highest BCUT2D eigenvalue weighted by molar-refractivity contribution is 4.50. The van der Waals surface area contributed by atoms with E-state index >= 15 is 0 Å². The molecule has 86 valence electrons. The fourth-order valence-electron chi connectivity index (χ4n) is 1.39. The molecule has 0 saturated carbocycles. The first kappa shape index (κ1) is 13.9. The van der Waals surface area contributed by atoms with Gasteiger partial charge in [0.2, 0.25) is 0 Å². The molecule has 0 fully saturated rings. The van der Waals surface area contributed by atoms with Gasteiger partial charge in [-0.05, 0) is 18.8 Å². The Morgan fingerprint density at radius 2 is 1.43 bits per heavy atom. The molecule has 1 atom stereocenters. The zero-order chi connectivity index (χ0) is 10.6. The molecule has 2 nitrogen and oxygen atoms in total. The van der Waals surface area contributed by atoms with Crippen molar-refractivity contribution < 1.29 is 9.47 Å². The van der Waals surface area contributed by atoms with E-state index < -0.39 is 0 Å². The second-order valence-electron chi connectivity index (χ2n) is 3.91. The first-order valence-corrected chi connectivity index (χ1v) is 5.96. The zero-order valence-electron chi connectivity index (χ0n) is 10.1. The second kappa shape index (κ2) is 11.0. The maximum Gasteiger partial charge on any atom is 0.0700 e. The van der Waals surface area contributed by atoms with Crippen LogP contribution in [-0.2, 0) is 9.47 Å². The summed E-state index contributed by atoms with van der Waals surface area (Å²) in [6.45, 7) is 9.88. The van der Waals surface area contributed by atoms with Gasteiger partial charge in [-0.3, -0.25) is 0 Å². The van der Waals surface area contributed by atoms with Crippen LogP contribution < -0.4 is 0 Å². The Bertz CT molecular complexity index is 104. The summed E-state index contributed by atoms with van der Waals surface area (Å²) in [5, 5.41) is 0. The van der Waals surface area contributed by atoms with Gasteiger partial charge in [0.1, 0.15) is 0 Å². The second-order valence-corrected chi connectivity index (χ2v) is 3.91. The lowest BCUT2D eigenvalue weighted by atomic mass is 10.0. The van der Waals surface area contributed by atoms with Crippen LogP contribution in [0.5, 0.6) is 0 Å². The molecular weight excluding hydrogens is 176 g/mol. The van der Waals surface area contributed by atoms with Crippen molar-refractivity contribution in [3.8, 4) is 0 Å². The third kappa shape index (κ3) is 10.0. The first-order valence-electron chi connectivity index (χ1n) is 5.96. The van der Waals surface area contributed by atoms with Gasteiger partial charge >= 0.3 is 0 Å². The Hall–Kier alpha value is -0.0800. The molecule has 0 aromatic carbocycles. The molecule has 0 N–H and O–H groups in total. The van der Waals surface area contributed by atoms with E-state index in [4.69, 9.17) is 9.47 Å². The van der Waals surface area contributed by atoms with Crippen LogP contribution in [-0.4, -0.2) is 26.4 Å². The smallest absolute Gasteiger partial charge is 0.0700 e. The van der Waals surface area contributed by atoms with Gasteiger partial charge < -0.3 is 9.47 Å². The van der Waals surface area contributed by atoms with Crippen molar-refractivity contribution in [1.82, 2.24) is 0 Å². The van der Waals surface area contributed by atoms with Crippen LogP contribution in [0.15, 0.2) is 0 Å². The predicted molar refractivity (Wildman–Crippen MR) is 60.6 cm³/mol. The number of ether oxygens (including phenoxy) is 2. The largest absolute Gasteiger partial charge is 0.379 e. The molecule has 0 heterocycles. The molecule has 0 aromatic rings. The van der Waals surface area contributed by atoms with Crippen molar-refractivity contribution in [3.63, 3.8) is 0 Å². The third-order valence-corrected chi connectivity index (χ3v) is 2.26. The highest BCUT2D eigenvalue weighted by Gasteiger charge is 1.99. The van der Waals surface area contributed by atoms with Crippen molar-refractivity contribution >= 4 is 0 Å². The van der Waals surface area contributed by atoms with E-state index in [1.807, 2.05) is 0 Å². The van der Waals surface area contributed by atoms with Crippen LogP contribution in [0.25, 0.3) is 0 Å². The van der Waals surface area contributed by atoms with Crippen molar-refractivity contribution in [2.24, 2.45) is 5.92 Å². The van der Waals surface area contributed by atoms with Gasteiger partial charge in [-0.1, -0.05) is 33.6 Å². The summed E-state index contributed by atoms with van der Waals surface area (Å²) < 4.78 is 10.8. The van der Waals surface area contributed by atoms with E-state index in [1.54, 1.807) is 0 Å². The van der Waals surface area contributed by atoms with Gasteiger partial charge in [0.25, 0.3) is 0 Å². The van der Waals surface area contributed by atoms with Gasteiger partial charge in [0.05, 0.1) is 13.2 Å². The lowest BCUT2D eigenvalue weighted by Crippen LogP contribution is -2.07. The van der Waals surface area contributed by atoms with Gasteiger partial charge in [0, 0.05) is 13.2 Å². The minimum atomic E-state index is 0.746. The molecule has 0 rings (SSSR count). The van der Waals surface area contributed by atoms with E-state index in [-0.39, 0.29) is 0 Å². The van der Waals surface area contributed by atoms with E-state index in [0.717, 1.165) is 38.8 Å². The average Bonchev–Trinajstić information content (AvgIpc) is 2.17. The highest BCUT2D eigenvalue weighted by Crippen LogP contribution is 2.09. The molecule has 0 aliphatic rings. The summed E-state index contributed by atoms with van der Waals surface area (Å²) in [6.07, 6.45) is 4.87. The average molecular weight is 202 g/mol. The van der Waals surface area contributed by atoms with E-state index in [0.29, 0.717) is 0 Å². The van der Waals surface area contributed by atoms with Crippen LogP contribution in [0.1, 0.15) is 46.5 Å². The SMILES string of the molecule is CCCOCCOCCC(C)CCC. The Labute approximate surface area is 89.0 Å². The van der Waals surface area contributed by atoms with Crippen LogP contribution in [0.2, 0.25) is 0 Å². The van der Waals surface area contributed by atoms with Crippen LogP contribution in [0.4, 0.5) is 0 Å². The van der Waals surface area contributed by atoms with Gasteiger partial charge in [0.15, 0.2) is 0 Å². The molecule has 0 aliphatic carbocycles. The van der Waals surface area contributed by atoms with E-state index in [2.05, 4.69) is 20.8 Å². The van der Waals surface area contributed by atoms with Crippen molar-refractivity contribution in [1.29, 1.82) is 0 Å². The van der Waals surface area contributed by atoms with Crippen molar-refractivity contribution in [2.45, 2.75) is 46.5 Å². The Kier molecular flexibility index (Phi) is 10.9. The van der Waals surface area contributed by atoms with Crippen LogP contribution in [0.3, 0.4) is 0 Å². The van der Waals surface area contributed by atoms with E-state index in [9.17, 15) is 0 Å². The standard InChI is InChI=1S/C12H26O2/c1-4-6-12(3)7-9-14-11-10-13-8-5-2/h12H,4-11H2,1-3H3. The molecule has 0 aliphatic heterocycles. The molecule has 14 heavy (non-hydrogen) atoms. The Balaban J connectivity index is 2.98. The topological polar surface area (TPSA) is 18.5 Å². The summed E-state index contributed by atoms with van der Waals surface area (Å²) in [6, 6.07) is 0. The predicted octanol–water partition coefficient (Wildman–Crippen LogP) is 3.26. The summed E-state index contributed by atoms with van der Waals surface area (Å²) >= 11 is 0. The highest BCUT2D eigenvalue weighted by atomic mass is 16.5. The maximum absolute atomic E-state index is 5.47. The fraction of sp³-hybridized carbons (Fsp3) is 1.00. The molecule has 1 unspecified atom stereocenters. The van der Waals surface area contributed by atoms with Crippen molar-refractivity contribution in [2.75, 3.05) is 26.4 Å². The Morgan fingerprint density at radius 1 is 0.786 bits per heavy atom. The molecule has 0 radical (unpaired) electrons. The maximum atomic E-state index is 5.47. The molecule has 0 saturated heterocycles. The van der Waals surface area contributed by atoms with E-state index in [1.165, 1.54) is 19.3 Å². The fourth-order valence-corrected chi connectivity index (χ4v) is 1.39. The zero-order valence-corrected chi connectivity index (χ0v) is 10.1. The van der Waals surface area contributed by atoms with Gasteiger partial charge in [-0.25, -0.2) is 0 Å². The molecule has 0 spiro atoms. The molecule has 0 aromatic heterocycles. The summed E-state index contributed by atoms with van der Waals surface area (Å²) in [7, 11) is 0. The number of rotatable bonds is 10. The Morgan fingerprint density at radius 3 is 2.00 bits per heavy atom. The monoisotopic (exact) mass is 202 g/mol. The van der Waals surface area contributed by atoms with Crippen LogP contribution in [0, 0.1) is 5.92 Å². The van der Waals surface area contributed by atoms with Gasteiger partial charge in [-0.15, -0.1) is 0 Å². The minimum Gasteiger partial charge on any atom is -0.379 e. The quantitative estimate of drug-likeness (QED) is 0.506. The van der Waals surface area contributed by atoms with Gasteiger partial charge in [-0.2, -0.15) is 0 Å². The normalized spacial score (nSPS) is 13.1. The number of hydrogen-bond donors (Lipinski definition) is 0. The molecule has 0 amide bonds. The minimum absolute atomic E-state index is 0.746. The summed E-state index contributed by atoms with van der Waals surface area (Å²) in [5.41, 5.74) is 0. The van der Waals surface area contributed by atoms with Crippen molar-refractivity contribution in [3.05, 3.63) is 0 Å². The molecular formula is C12H26O2. The first-order chi connectivity index (χ1) is 6.81. The molecule has 0 bridgehead atoms. The lowest BCUT2D eigenvalue weighted by molar-refractivity contribution is 0.0433. The van der Waals surface area contributed by atoms with Crippen LogP contribution >= 0.6 is 0 Å². The summed E-state index contributed by atoms with van der Waals surface area (Å²) in [4.78, 5) is 0. The lowest BCUT2D eigenvalue weighted by Gasteiger charge is -2.10.